The maximum Gasteiger partial charge on any atom is 0.317 e. The van der Waals surface area contributed by atoms with Gasteiger partial charge in [0.1, 0.15) is 12.7 Å². The van der Waals surface area contributed by atoms with Crippen LogP contribution in [0.5, 0.6) is 0 Å². The number of nitrogens with one attached hydrogen (secondary N) is 1. The third-order valence-electron chi connectivity index (χ3n) is 4.70. The molecule has 5 atom stereocenters. The first-order chi connectivity index (χ1) is 16.6. The van der Waals surface area contributed by atoms with Crippen LogP contribution in [0.4, 0.5) is 6.01 Å². The molecule has 0 radical (unpaired) electrons. The van der Waals surface area contributed by atoms with Gasteiger partial charge in [-0.2, -0.15) is 0 Å². The fourth-order valence-corrected chi connectivity index (χ4v) is 3.45. The summed E-state index contributed by atoms with van der Waals surface area (Å²) in [7, 11) is 0. The first-order valence-corrected chi connectivity index (χ1v) is 10.6. The van der Waals surface area contributed by atoms with Gasteiger partial charge in [-0.3, -0.25) is 19.2 Å². The number of rotatable bonds is 8. The summed E-state index contributed by atoms with van der Waals surface area (Å²) in [6.07, 6.45) is -6.21. The van der Waals surface area contributed by atoms with Crippen molar-refractivity contribution in [2.75, 3.05) is 11.9 Å². The molecule has 3 rings (SSSR count). The van der Waals surface area contributed by atoms with E-state index >= 15 is 0 Å². The molecule has 2 aromatic rings. The Balaban J connectivity index is 1.94. The Morgan fingerprint density at radius 1 is 0.829 bits per heavy atom. The zero-order valence-electron chi connectivity index (χ0n) is 19.5. The number of carbonyl (C=O) groups is 4. The summed E-state index contributed by atoms with van der Waals surface area (Å²) >= 11 is 0. The lowest BCUT2D eigenvalue weighted by Gasteiger charge is -2.44. The Bertz CT molecular complexity index is 1060. The van der Waals surface area contributed by atoms with Crippen molar-refractivity contribution in [1.29, 1.82) is 0 Å². The van der Waals surface area contributed by atoms with Gasteiger partial charge in [-0.05, 0) is 12.1 Å². The van der Waals surface area contributed by atoms with Crippen molar-refractivity contribution in [2.45, 2.75) is 58.3 Å². The molecule has 13 nitrogen and oxygen atoms in total. The van der Waals surface area contributed by atoms with E-state index in [0.29, 0.717) is 5.56 Å². The Kier molecular flexibility index (Phi) is 8.36. The van der Waals surface area contributed by atoms with Gasteiger partial charge in [0, 0.05) is 33.3 Å². The summed E-state index contributed by atoms with van der Waals surface area (Å²) in [5, 5.41) is 10.7. The standard InChI is InChI=1S/C22H25N3O10/c1-11(26)30-10-16-17(31-12(2)27)18(32-13(3)28)19(33-14(4)29)21(34-16)23-22-25-24-20(35-22)15-8-6-5-7-9-15/h5-9,16-19,21H,10H2,1-4H3,(H,23,25)/t16-,17-,18+,19-,21-/m0/s1. The van der Waals surface area contributed by atoms with E-state index in [1.54, 1.807) is 24.3 Å². The number of ether oxygens (including phenoxy) is 5. The molecule has 1 aromatic heterocycles. The van der Waals surface area contributed by atoms with Crippen molar-refractivity contribution in [3.05, 3.63) is 30.3 Å². The van der Waals surface area contributed by atoms with Crippen molar-refractivity contribution in [1.82, 2.24) is 10.2 Å². The minimum Gasteiger partial charge on any atom is -0.463 e. The van der Waals surface area contributed by atoms with Gasteiger partial charge in [0.05, 0.1) is 0 Å². The van der Waals surface area contributed by atoms with E-state index in [0.717, 1.165) is 20.8 Å². The third kappa shape index (κ3) is 6.99. The quantitative estimate of drug-likeness (QED) is 0.414. The summed E-state index contributed by atoms with van der Waals surface area (Å²) in [6, 6.07) is 8.87. The smallest absolute Gasteiger partial charge is 0.317 e. The molecule has 0 spiro atoms. The summed E-state index contributed by atoms with van der Waals surface area (Å²) in [5.74, 6) is -2.59. The van der Waals surface area contributed by atoms with E-state index < -0.39 is 54.5 Å². The zero-order chi connectivity index (χ0) is 25.5. The number of carbonyl (C=O) groups excluding carboxylic acids is 4. The highest BCUT2D eigenvalue weighted by molar-refractivity contribution is 5.69. The highest BCUT2D eigenvalue weighted by atomic mass is 16.7. The maximum absolute atomic E-state index is 11.9. The molecule has 0 saturated carbocycles. The van der Waals surface area contributed by atoms with Gasteiger partial charge in [-0.1, -0.05) is 23.3 Å². The average molecular weight is 491 g/mol. The number of hydrogen-bond acceptors (Lipinski definition) is 13. The molecule has 0 aliphatic carbocycles. The molecule has 0 bridgehead atoms. The van der Waals surface area contributed by atoms with Crippen LogP contribution in [-0.2, 0) is 42.9 Å². The van der Waals surface area contributed by atoms with Gasteiger partial charge in [-0.25, -0.2) is 0 Å². The fourth-order valence-electron chi connectivity index (χ4n) is 3.45. The van der Waals surface area contributed by atoms with E-state index in [1.165, 1.54) is 6.92 Å². The number of benzene rings is 1. The van der Waals surface area contributed by atoms with E-state index in [4.69, 9.17) is 28.1 Å². The third-order valence-corrected chi connectivity index (χ3v) is 4.70. The minimum absolute atomic E-state index is 0.0928. The van der Waals surface area contributed by atoms with Crippen LogP contribution in [0, 0.1) is 0 Å². The number of esters is 4. The summed E-state index contributed by atoms with van der Waals surface area (Å²) in [5.41, 5.74) is 0.662. The average Bonchev–Trinajstić information content (AvgIpc) is 3.25. The fraction of sp³-hybridized carbons (Fsp3) is 0.455. The number of anilines is 1. The van der Waals surface area contributed by atoms with Crippen LogP contribution in [-0.4, -0.2) is 71.3 Å². The predicted octanol–water partition coefficient (Wildman–Crippen LogP) is 1.23. The molecule has 0 amide bonds. The Hall–Kier alpha value is -4.00. The van der Waals surface area contributed by atoms with Crippen molar-refractivity contribution in [2.24, 2.45) is 0 Å². The van der Waals surface area contributed by atoms with Gasteiger partial charge in [0.25, 0.3) is 0 Å². The van der Waals surface area contributed by atoms with Crippen LogP contribution in [0.15, 0.2) is 34.7 Å². The Morgan fingerprint density at radius 2 is 1.43 bits per heavy atom. The first kappa shape index (κ1) is 25.6. The van der Waals surface area contributed by atoms with E-state index in [2.05, 4.69) is 15.5 Å². The maximum atomic E-state index is 11.9. The van der Waals surface area contributed by atoms with Crippen LogP contribution in [0.1, 0.15) is 27.7 Å². The summed E-state index contributed by atoms with van der Waals surface area (Å²) in [6.45, 7) is 4.26. The summed E-state index contributed by atoms with van der Waals surface area (Å²) < 4.78 is 32.7. The normalized spacial score (nSPS) is 23.6. The lowest BCUT2D eigenvalue weighted by molar-refractivity contribution is -0.247. The van der Waals surface area contributed by atoms with Gasteiger partial charge in [0.15, 0.2) is 24.5 Å². The van der Waals surface area contributed by atoms with Gasteiger partial charge in [0.2, 0.25) is 5.89 Å². The SMILES string of the molecule is CC(=O)OC[C@@H]1O[C@H](Nc2nnc(-c3ccccc3)o2)[C@@H](OC(C)=O)[C@H](OC(C)=O)[C@H]1OC(C)=O. The highest BCUT2D eigenvalue weighted by Crippen LogP contribution is 2.30. The molecule has 13 heteroatoms. The summed E-state index contributed by atoms with van der Waals surface area (Å²) in [4.78, 5) is 47.0. The molecule has 1 N–H and O–H groups in total. The molecule has 1 saturated heterocycles. The molecule has 35 heavy (non-hydrogen) atoms. The van der Waals surface area contributed by atoms with Crippen molar-refractivity contribution < 1.29 is 47.3 Å². The minimum atomic E-state index is -1.32. The van der Waals surface area contributed by atoms with E-state index in [-0.39, 0.29) is 18.5 Å². The van der Waals surface area contributed by atoms with Crippen LogP contribution in [0.2, 0.25) is 0 Å². The zero-order valence-corrected chi connectivity index (χ0v) is 19.5. The lowest BCUT2D eigenvalue weighted by Crippen LogP contribution is -2.64. The van der Waals surface area contributed by atoms with E-state index in [1.807, 2.05) is 6.07 Å². The van der Waals surface area contributed by atoms with Gasteiger partial charge < -0.3 is 33.4 Å². The first-order valence-electron chi connectivity index (χ1n) is 10.6. The molecule has 1 aliphatic heterocycles. The molecule has 2 heterocycles. The van der Waals surface area contributed by atoms with Crippen LogP contribution in [0.25, 0.3) is 11.5 Å². The molecule has 1 aromatic carbocycles. The predicted molar refractivity (Wildman–Crippen MR) is 115 cm³/mol. The molecular weight excluding hydrogens is 466 g/mol. The number of hydrogen-bond donors (Lipinski definition) is 1. The second kappa shape index (κ2) is 11.4. The monoisotopic (exact) mass is 491 g/mol. The van der Waals surface area contributed by atoms with Crippen molar-refractivity contribution >= 4 is 29.9 Å². The second-order valence-corrected chi connectivity index (χ2v) is 7.54. The van der Waals surface area contributed by atoms with Crippen LogP contribution in [0.3, 0.4) is 0 Å². The van der Waals surface area contributed by atoms with E-state index in [9.17, 15) is 19.2 Å². The number of aromatic nitrogens is 2. The molecular formula is C22H25N3O10. The van der Waals surface area contributed by atoms with Gasteiger partial charge >= 0.3 is 29.9 Å². The second-order valence-electron chi connectivity index (χ2n) is 7.54. The Labute approximate surface area is 200 Å². The molecule has 0 unspecified atom stereocenters. The van der Waals surface area contributed by atoms with Crippen LogP contribution >= 0.6 is 0 Å². The molecule has 1 fully saturated rings. The molecule has 188 valence electrons. The number of nitrogens with zero attached hydrogens (tertiary/aromatic N) is 2. The largest absolute Gasteiger partial charge is 0.463 e. The lowest BCUT2D eigenvalue weighted by atomic mass is 9.97. The highest BCUT2D eigenvalue weighted by Gasteiger charge is 2.52. The van der Waals surface area contributed by atoms with Crippen molar-refractivity contribution in [3.8, 4) is 11.5 Å². The van der Waals surface area contributed by atoms with Crippen LogP contribution < -0.4 is 5.32 Å². The topological polar surface area (TPSA) is 165 Å². The Morgan fingerprint density at radius 3 is 2.03 bits per heavy atom. The molecule has 1 aliphatic rings. The van der Waals surface area contributed by atoms with Crippen molar-refractivity contribution in [3.63, 3.8) is 0 Å². The van der Waals surface area contributed by atoms with Gasteiger partial charge in [-0.15, -0.1) is 5.10 Å².